The van der Waals surface area contributed by atoms with Crippen molar-refractivity contribution in [1.82, 2.24) is 0 Å². The SMILES string of the molecule is CC1CCCC(Nc2cccc(F)c2C#N)C1C. The Morgan fingerprint density at radius 2 is 2.11 bits per heavy atom. The van der Waals surface area contributed by atoms with E-state index < -0.39 is 5.82 Å². The highest BCUT2D eigenvalue weighted by Crippen LogP contribution is 2.32. The van der Waals surface area contributed by atoms with Crippen molar-refractivity contribution in [2.45, 2.75) is 39.2 Å². The number of hydrogen-bond acceptors (Lipinski definition) is 2. The number of halogens is 1. The highest BCUT2D eigenvalue weighted by Gasteiger charge is 2.27. The molecular weight excluding hydrogens is 227 g/mol. The molecule has 0 radical (unpaired) electrons. The van der Waals surface area contributed by atoms with E-state index in [1.165, 1.54) is 18.9 Å². The number of rotatable bonds is 2. The van der Waals surface area contributed by atoms with Gasteiger partial charge in [-0.1, -0.05) is 32.8 Å². The highest BCUT2D eigenvalue weighted by atomic mass is 19.1. The summed E-state index contributed by atoms with van der Waals surface area (Å²) in [6, 6.07) is 7.04. The molecule has 96 valence electrons. The molecule has 1 aromatic carbocycles. The molecule has 1 aliphatic carbocycles. The fourth-order valence-corrected chi connectivity index (χ4v) is 2.74. The molecule has 1 saturated carbocycles. The molecule has 1 fully saturated rings. The maximum absolute atomic E-state index is 13.5. The van der Waals surface area contributed by atoms with E-state index in [1.54, 1.807) is 12.1 Å². The van der Waals surface area contributed by atoms with E-state index in [4.69, 9.17) is 5.26 Å². The van der Waals surface area contributed by atoms with Crippen LogP contribution < -0.4 is 5.32 Å². The summed E-state index contributed by atoms with van der Waals surface area (Å²) in [4.78, 5) is 0. The molecule has 18 heavy (non-hydrogen) atoms. The summed E-state index contributed by atoms with van der Waals surface area (Å²) in [7, 11) is 0. The molecule has 2 nitrogen and oxygen atoms in total. The van der Waals surface area contributed by atoms with Gasteiger partial charge in [0.15, 0.2) is 0 Å². The highest BCUT2D eigenvalue weighted by molar-refractivity contribution is 5.58. The maximum atomic E-state index is 13.5. The minimum Gasteiger partial charge on any atom is -0.381 e. The third-order valence-electron chi connectivity index (χ3n) is 4.17. The summed E-state index contributed by atoms with van der Waals surface area (Å²) in [5, 5.41) is 12.4. The molecule has 3 unspecified atom stereocenters. The van der Waals surface area contributed by atoms with Crippen LogP contribution >= 0.6 is 0 Å². The fraction of sp³-hybridized carbons (Fsp3) is 0.533. The van der Waals surface area contributed by atoms with Crippen molar-refractivity contribution in [3.8, 4) is 6.07 Å². The second-order valence-corrected chi connectivity index (χ2v) is 5.29. The second-order valence-electron chi connectivity index (χ2n) is 5.29. The Bertz CT molecular complexity index is 464. The predicted molar refractivity (Wildman–Crippen MR) is 70.7 cm³/mol. The van der Waals surface area contributed by atoms with E-state index in [-0.39, 0.29) is 5.56 Å². The number of benzene rings is 1. The average Bonchev–Trinajstić information content (AvgIpc) is 2.35. The molecule has 0 bridgehead atoms. The molecular formula is C15H19FN2. The summed E-state index contributed by atoms with van der Waals surface area (Å²) in [6.45, 7) is 4.49. The van der Waals surface area contributed by atoms with Crippen LogP contribution in [0, 0.1) is 29.0 Å². The van der Waals surface area contributed by atoms with Crippen LogP contribution in [0.4, 0.5) is 10.1 Å². The molecule has 3 heteroatoms. The summed E-state index contributed by atoms with van der Waals surface area (Å²) < 4.78 is 13.5. The largest absolute Gasteiger partial charge is 0.381 e. The molecule has 1 aromatic rings. The van der Waals surface area contributed by atoms with Gasteiger partial charge in [-0.3, -0.25) is 0 Å². The Morgan fingerprint density at radius 3 is 2.83 bits per heavy atom. The standard InChI is InChI=1S/C15H19FN2/c1-10-5-3-7-14(11(10)2)18-15-8-4-6-13(16)12(15)9-17/h4,6,8,10-11,14,18H,3,5,7H2,1-2H3. The third kappa shape index (κ3) is 2.48. The Balaban J connectivity index is 2.19. The van der Waals surface area contributed by atoms with Gasteiger partial charge in [0.1, 0.15) is 17.4 Å². The van der Waals surface area contributed by atoms with Gasteiger partial charge in [-0.05, 0) is 30.4 Å². The first-order chi connectivity index (χ1) is 8.63. The van der Waals surface area contributed by atoms with Gasteiger partial charge in [0, 0.05) is 6.04 Å². The summed E-state index contributed by atoms with van der Waals surface area (Å²) in [5.41, 5.74) is 0.756. The maximum Gasteiger partial charge on any atom is 0.143 e. The van der Waals surface area contributed by atoms with Crippen LogP contribution in [0.25, 0.3) is 0 Å². The van der Waals surface area contributed by atoms with E-state index in [0.717, 1.165) is 6.42 Å². The van der Waals surface area contributed by atoms with E-state index in [1.807, 2.05) is 6.07 Å². The van der Waals surface area contributed by atoms with Crippen LogP contribution in [-0.2, 0) is 0 Å². The third-order valence-corrected chi connectivity index (χ3v) is 4.17. The normalized spacial score (nSPS) is 27.6. The van der Waals surface area contributed by atoms with Gasteiger partial charge < -0.3 is 5.32 Å². The zero-order chi connectivity index (χ0) is 13.1. The first-order valence-electron chi connectivity index (χ1n) is 6.58. The number of anilines is 1. The smallest absolute Gasteiger partial charge is 0.143 e. The molecule has 0 saturated heterocycles. The molecule has 1 N–H and O–H groups in total. The first kappa shape index (κ1) is 12.9. The van der Waals surface area contributed by atoms with E-state index in [0.29, 0.717) is 23.6 Å². The molecule has 2 rings (SSSR count). The summed E-state index contributed by atoms with van der Waals surface area (Å²) >= 11 is 0. The van der Waals surface area contributed by atoms with Crippen molar-refractivity contribution in [3.63, 3.8) is 0 Å². The van der Waals surface area contributed by atoms with E-state index >= 15 is 0 Å². The molecule has 0 amide bonds. The van der Waals surface area contributed by atoms with Crippen molar-refractivity contribution >= 4 is 5.69 Å². The topological polar surface area (TPSA) is 35.8 Å². The molecule has 0 aliphatic heterocycles. The van der Waals surface area contributed by atoms with Crippen LogP contribution in [-0.4, -0.2) is 6.04 Å². The minimum atomic E-state index is -0.445. The lowest BCUT2D eigenvalue weighted by Crippen LogP contribution is -2.35. The van der Waals surface area contributed by atoms with Gasteiger partial charge in [0.2, 0.25) is 0 Å². The minimum absolute atomic E-state index is 0.128. The first-order valence-corrected chi connectivity index (χ1v) is 6.58. The van der Waals surface area contributed by atoms with Gasteiger partial charge in [0.05, 0.1) is 5.69 Å². The molecule has 0 spiro atoms. The van der Waals surface area contributed by atoms with Crippen LogP contribution in [0.15, 0.2) is 18.2 Å². The predicted octanol–water partition coefficient (Wildman–Crippen LogP) is 3.93. The Morgan fingerprint density at radius 1 is 1.33 bits per heavy atom. The number of hydrogen-bond donors (Lipinski definition) is 1. The van der Waals surface area contributed by atoms with Crippen LogP contribution in [0.2, 0.25) is 0 Å². The Hall–Kier alpha value is -1.56. The van der Waals surface area contributed by atoms with Crippen molar-refractivity contribution in [2.24, 2.45) is 11.8 Å². The lowest BCUT2D eigenvalue weighted by atomic mass is 9.78. The second kappa shape index (κ2) is 5.39. The quantitative estimate of drug-likeness (QED) is 0.858. The van der Waals surface area contributed by atoms with Crippen molar-refractivity contribution < 1.29 is 4.39 Å². The van der Waals surface area contributed by atoms with Crippen molar-refractivity contribution in [1.29, 1.82) is 5.26 Å². The zero-order valence-electron chi connectivity index (χ0n) is 10.9. The average molecular weight is 246 g/mol. The number of nitrogens with one attached hydrogen (secondary N) is 1. The van der Waals surface area contributed by atoms with Crippen LogP contribution in [0.5, 0.6) is 0 Å². The fourth-order valence-electron chi connectivity index (χ4n) is 2.74. The lowest BCUT2D eigenvalue weighted by molar-refractivity contribution is 0.253. The Kier molecular flexibility index (Phi) is 3.86. The summed E-state index contributed by atoms with van der Waals surface area (Å²) in [6.07, 6.45) is 3.54. The lowest BCUT2D eigenvalue weighted by Gasteiger charge is -2.35. The van der Waals surface area contributed by atoms with Gasteiger partial charge in [-0.2, -0.15) is 5.26 Å². The molecule has 0 heterocycles. The van der Waals surface area contributed by atoms with E-state index in [2.05, 4.69) is 19.2 Å². The van der Waals surface area contributed by atoms with Crippen molar-refractivity contribution in [2.75, 3.05) is 5.32 Å². The van der Waals surface area contributed by atoms with Crippen LogP contribution in [0.3, 0.4) is 0 Å². The van der Waals surface area contributed by atoms with Gasteiger partial charge in [-0.25, -0.2) is 4.39 Å². The monoisotopic (exact) mass is 246 g/mol. The zero-order valence-corrected chi connectivity index (χ0v) is 10.9. The van der Waals surface area contributed by atoms with Gasteiger partial charge in [-0.15, -0.1) is 0 Å². The van der Waals surface area contributed by atoms with Crippen LogP contribution in [0.1, 0.15) is 38.7 Å². The van der Waals surface area contributed by atoms with Gasteiger partial charge >= 0.3 is 0 Å². The number of nitrogens with zero attached hydrogens (tertiary/aromatic N) is 1. The molecule has 1 aliphatic rings. The van der Waals surface area contributed by atoms with Crippen molar-refractivity contribution in [3.05, 3.63) is 29.6 Å². The molecule has 3 atom stereocenters. The molecule has 0 aromatic heterocycles. The van der Waals surface area contributed by atoms with Gasteiger partial charge in [0.25, 0.3) is 0 Å². The van der Waals surface area contributed by atoms with E-state index in [9.17, 15) is 4.39 Å². The Labute approximate surface area is 108 Å². The number of nitriles is 1. The summed E-state index contributed by atoms with van der Waals surface area (Å²) in [5.74, 6) is 0.780.